The maximum absolute atomic E-state index is 8.95. The van der Waals surface area contributed by atoms with E-state index in [2.05, 4.69) is 0 Å². The first-order valence-corrected chi connectivity index (χ1v) is 4.03. The molecule has 0 spiro atoms. The summed E-state index contributed by atoms with van der Waals surface area (Å²) in [5.74, 6) is 0. The fourth-order valence-electron chi connectivity index (χ4n) is 1.11. The molecule has 0 aliphatic carbocycles. The third-order valence-corrected chi connectivity index (χ3v) is 2.20. The highest BCUT2D eigenvalue weighted by atomic mass is 35.5. The normalized spacial score (nSPS) is 10.1. The number of hydrogen-bond donors (Lipinski definition) is 2. The quantitative estimate of drug-likeness (QED) is 0.629. The molecule has 0 aliphatic heterocycles. The third kappa shape index (κ3) is 1.80. The average molecular weight is 184 g/mol. The molecule has 64 valence electrons. The lowest BCUT2D eigenvalue weighted by Crippen LogP contribution is -2.32. The van der Waals surface area contributed by atoms with Crippen LogP contribution < -0.4 is 5.46 Å². The van der Waals surface area contributed by atoms with Gasteiger partial charge in [0.05, 0.1) is 0 Å². The highest BCUT2D eigenvalue weighted by Gasteiger charge is 2.15. The van der Waals surface area contributed by atoms with Crippen molar-refractivity contribution in [3.63, 3.8) is 0 Å². The van der Waals surface area contributed by atoms with Gasteiger partial charge in [-0.1, -0.05) is 17.7 Å². The molecular formula is C8H10BClO2. The van der Waals surface area contributed by atoms with Crippen molar-refractivity contribution in [2.75, 3.05) is 0 Å². The maximum Gasteiger partial charge on any atom is 0.488 e. The van der Waals surface area contributed by atoms with Crippen LogP contribution in [0.5, 0.6) is 0 Å². The van der Waals surface area contributed by atoms with Gasteiger partial charge in [0, 0.05) is 5.02 Å². The van der Waals surface area contributed by atoms with Gasteiger partial charge in [0.1, 0.15) is 0 Å². The first-order valence-electron chi connectivity index (χ1n) is 3.65. The van der Waals surface area contributed by atoms with E-state index in [1.165, 1.54) is 0 Å². The van der Waals surface area contributed by atoms with E-state index in [-0.39, 0.29) is 0 Å². The molecule has 1 aromatic carbocycles. The van der Waals surface area contributed by atoms with Crippen molar-refractivity contribution in [3.8, 4) is 0 Å². The monoisotopic (exact) mass is 184 g/mol. The largest absolute Gasteiger partial charge is 0.488 e. The first-order chi connectivity index (χ1) is 5.52. The molecule has 0 unspecified atom stereocenters. The van der Waals surface area contributed by atoms with Crippen LogP contribution in [0, 0.1) is 13.8 Å². The summed E-state index contributed by atoms with van der Waals surface area (Å²) in [4.78, 5) is 0. The second-order valence-electron chi connectivity index (χ2n) is 2.83. The Hall–Kier alpha value is -0.505. The van der Waals surface area contributed by atoms with E-state index in [9.17, 15) is 0 Å². The summed E-state index contributed by atoms with van der Waals surface area (Å²) in [5, 5.41) is 18.5. The van der Waals surface area contributed by atoms with Gasteiger partial charge in [-0.05, 0) is 36.5 Å². The summed E-state index contributed by atoms with van der Waals surface area (Å²) in [6, 6.07) is 3.51. The fraction of sp³-hybridized carbons (Fsp3) is 0.250. The summed E-state index contributed by atoms with van der Waals surface area (Å²) >= 11 is 5.84. The van der Waals surface area contributed by atoms with E-state index in [1.54, 1.807) is 19.1 Å². The Kier molecular flexibility index (Phi) is 2.78. The zero-order valence-electron chi connectivity index (χ0n) is 7.00. The van der Waals surface area contributed by atoms with E-state index in [1.807, 2.05) is 6.92 Å². The van der Waals surface area contributed by atoms with Crippen molar-refractivity contribution in [1.29, 1.82) is 0 Å². The summed E-state index contributed by atoms with van der Waals surface area (Å²) in [6.07, 6.45) is 0. The summed E-state index contributed by atoms with van der Waals surface area (Å²) < 4.78 is 0. The van der Waals surface area contributed by atoms with Gasteiger partial charge in [-0.3, -0.25) is 0 Å². The summed E-state index contributed by atoms with van der Waals surface area (Å²) in [7, 11) is -1.44. The molecule has 0 bridgehead atoms. The minimum Gasteiger partial charge on any atom is -0.423 e. The molecule has 2 nitrogen and oxygen atoms in total. The van der Waals surface area contributed by atoms with Gasteiger partial charge in [0.15, 0.2) is 0 Å². The van der Waals surface area contributed by atoms with Gasteiger partial charge in [0.25, 0.3) is 0 Å². The molecule has 2 N–H and O–H groups in total. The van der Waals surface area contributed by atoms with Gasteiger partial charge in [-0.2, -0.15) is 0 Å². The van der Waals surface area contributed by atoms with Crippen LogP contribution in [0.4, 0.5) is 0 Å². The van der Waals surface area contributed by atoms with E-state index < -0.39 is 7.12 Å². The van der Waals surface area contributed by atoms with Gasteiger partial charge in [-0.15, -0.1) is 0 Å². The number of rotatable bonds is 1. The standard InChI is InChI=1S/C8H10BClO2/c1-5-3-7(9(11)12)6(2)8(10)4-5/h3-4,11-12H,1-2H3. The van der Waals surface area contributed by atoms with Crippen LogP contribution in [-0.4, -0.2) is 17.2 Å². The third-order valence-electron chi connectivity index (χ3n) is 1.81. The topological polar surface area (TPSA) is 40.5 Å². The number of halogens is 1. The fourth-order valence-corrected chi connectivity index (χ4v) is 1.39. The molecule has 1 aromatic rings. The second-order valence-corrected chi connectivity index (χ2v) is 3.24. The van der Waals surface area contributed by atoms with Crippen molar-refractivity contribution in [3.05, 3.63) is 28.3 Å². The molecule has 0 aromatic heterocycles. The van der Waals surface area contributed by atoms with Crippen molar-refractivity contribution >= 4 is 24.2 Å². The van der Waals surface area contributed by atoms with E-state index in [0.29, 0.717) is 10.5 Å². The van der Waals surface area contributed by atoms with Crippen LogP contribution in [0.3, 0.4) is 0 Å². The molecule has 0 saturated heterocycles. The number of benzene rings is 1. The van der Waals surface area contributed by atoms with Gasteiger partial charge < -0.3 is 10.0 Å². The highest BCUT2D eigenvalue weighted by molar-refractivity contribution is 6.59. The van der Waals surface area contributed by atoms with E-state index in [4.69, 9.17) is 21.6 Å². The highest BCUT2D eigenvalue weighted by Crippen LogP contribution is 2.14. The van der Waals surface area contributed by atoms with Crippen LogP contribution in [-0.2, 0) is 0 Å². The summed E-state index contributed by atoms with van der Waals surface area (Å²) in [6.45, 7) is 3.62. The van der Waals surface area contributed by atoms with Gasteiger partial charge in [-0.25, -0.2) is 0 Å². The molecule has 4 heteroatoms. The van der Waals surface area contributed by atoms with Gasteiger partial charge in [0.2, 0.25) is 0 Å². The molecule has 0 aliphatic rings. The van der Waals surface area contributed by atoms with Gasteiger partial charge >= 0.3 is 7.12 Å². The SMILES string of the molecule is Cc1cc(Cl)c(C)c(B(O)O)c1. The van der Waals surface area contributed by atoms with Crippen LogP contribution in [0.15, 0.2) is 12.1 Å². The lowest BCUT2D eigenvalue weighted by molar-refractivity contribution is 0.425. The Morgan fingerprint density at radius 2 is 1.83 bits per heavy atom. The zero-order chi connectivity index (χ0) is 9.30. The lowest BCUT2D eigenvalue weighted by Gasteiger charge is -2.07. The minimum absolute atomic E-state index is 0.472. The minimum atomic E-state index is -1.44. The van der Waals surface area contributed by atoms with Crippen LogP contribution in [0.2, 0.25) is 5.02 Å². The zero-order valence-corrected chi connectivity index (χ0v) is 7.76. The van der Waals surface area contributed by atoms with Crippen molar-refractivity contribution in [2.24, 2.45) is 0 Å². The number of hydrogen-bond acceptors (Lipinski definition) is 2. The first kappa shape index (κ1) is 9.58. The van der Waals surface area contributed by atoms with Crippen molar-refractivity contribution in [2.45, 2.75) is 13.8 Å². The molecule has 1 rings (SSSR count). The average Bonchev–Trinajstić information content (AvgIpc) is 1.96. The molecule has 0 heterocycles. The molecule has 0 amide bonds. The molecule has 0 saturated carbocycles. The van der Waals surface area contributed by atoms with Crippen LogP contribution in [0.1, 0.15) is 11.1 Å². The van der Waals surface area contributed by atoms with Crippen molar-refractivity contribution < 1.29 is 10.0 Å². The Morgan fingerprint density at radius 3 is 2.33 bits per heavy atom. The molecule has 12 heavy (non-hydrogen) atoms. The smallest absolute Gasteiger partial charge is 0.423 e. The van der Waals surface area contributed by atoms with E-state index in [0.717, 1.165) is 11.1 Å². The molecule has 0 atom stereocenters. The Labute approximate surface area is 76.9 Å². The maximum atomic E-state index is 8.95. The van der Waals surface area contributed by atoms with E-state index >= 15 is 0 Å². The molecule has 0 radical (unpaired) electrons. The summed E-state index contributed by atoms with van der Waals surface area (Å²) in [5.41, 5.74) is 2.12. The predicted molar refractivity (Wildman–Crippen MR) is 50.8 cm³/mol. The molecular weight excluding hydrogens is 174 g/mol. The number of aryl methyl sites for hydroxylation is 1. The second kappa shape index (κ2) is 3.48. The van der Waals surface area contributed by atoms with Crippen molar-refractivity contribution in [1.82, 2.24) is 0 Å². The van der Waals surface area contributed by atoms with Crippen LogP contribution in [0.25, 0.3) is 0 Å². The Balaban J connectivity index is 3.28. The Morgan fingerprint density at radius 1 is 1.25 bits per heavy atom. The van der Waals surface area contributed by atoms with Crippen LogP contribution >= 0.6 is 11.6 Å². The Bertz CT molecular complexity index is 299. The molecule has 0 fully saturated rings. The predicted octanol–water partition coefficient (Wildman–Crippen LogP) is 0.637. The lowest BCUT2D eigenvalue weighted by atomic mass is 9.76.